The Hall–Kier alpha value is -1.53. The number of rotatable bonds is 0. The number of piperidine rings is 1. The molecule has 0 N–H and O–H groups in total. The highest BCUT2D eigenvalue weighted by atomic mass is 16.5. The minimum absolute atomic E-state index is 0.107. The number of nitriles is 1. The number of hydrogen-bond donors (Lipinski definition) is 0. The summed E-state index contributed by atoms with van der Waals surface area (Å²) in [5, 5.41) is 8.85. The van der Waals surface area contributed by atoms with Gasteiger partial charge in [0.25, 0.3) is 0 Å². The third-order valence-corrected chi connectivity index (χ3v) is 3.72. The van der Waals surface area contributed by atoms with E-state index in [4.69, 9.17) is 10.00 Å². The van der Waals surface area contributed by atoms with Crippen LogP contribution in [0, 0.1) is 11.5 Å². The van der Waals surface area contributed by atoms with E-state index in [9.17, 15) is 0 Å². The predicted octanol–water partition coefficient (Wildman–Crippen LogP) is 1.99. The highest BCUT2D eigenvalue weighted by Crippen LogP contribution is 2.43. The van der Waals surface area contributed by atoms with E-state index in [1.807, 2.05) is 4.90 Å². The van der Waals surface area contributed by atoms with Crippen molar-refractivity contribution < 1.29 is 4.74 Å². The van der Waals surface area contributed by atoms with Gasteiger partial charge in [-0.05, 0) is 24.0 Å². The second kappa shape index (κ2) is 3.50. The average Bonchev–Trinajstić information content (AvgIpc) is 2.71. The fourth-order valence-electron chi connectivity index (χ4n) is 2.77. The van der Waals surface area contributed by atoms with Crippen molar-refractivity contribution in [3.8, 4) is 6.19 Å². The molecule has 0 atom stereocenters. The van der Waals surface area contributed by atoms with Gasteiger partial charge in [0.15, 0.2) is 6.19 Å². The maximum absolute atomic E-state index is 8.85. The highest BCUT2D eigenvalue weighted by molar-refractivity contribution is 5.35. The lowest BCUT2D eigenvalue weighted by molar-refractivity contribution is -0.0719. The molecule has 2 aliphatic heterocycles. The molecule has 0 radical (unpaired) electrons. The Kier molecular flexibility index (Phi) is 2.12. The highest BCUT2D eigenvalue weighted by Gasteiger charge is 2.42. The summed E-state index contributed by atoms with van der Waals surface area (Å²) in [5.74, 6) is 0. The number of likely N-dealkylation sites (tertiary alicyclic amines) is 1. The number of hydrogen-bond acceptors (Lipinski definition) is 3. The molecule has 3 rings (SSSR count). The van der Waals surface area contributed by atoms with Gasteiger partial charge in [0.2, 0.25) is 0 Å². The molecular weight excluding hydrogens is 200 g/mol. The number of ether oxygens (including phenoxy) is 1. The van der Waals surface area contributed by atoms with E-state index in [2.05, 4.69) is 30.5 Å². The molecule has 0 amide bonds. The summed E-state index contributed by atoms with van der Waals surface area (Å²) in [6.07, 6.45) is 4.07. The van der Waals surface area contributed by atoms with Crippen molar-refractivity contribution in [1.82, 2.24) is 4.90 Å². The smallest absolute Gasteiger partial charge is 0.179 e. The van der Waals surface area contributed by atoms with Gasteiger partial charge in [-0.3, -0.25) is 0 Å². The fourth-order valence-corrected chi connectivity index (χ4v) is 2.77. The van der Waals surface area contributed by atoms with Crippen LogP contribution < -0.4 is 0 Å². The quantitative estimate of drug-likeness (QED) is 0.620. The molecule has 2 heterocycles. The maximum Gasteiger partial charge on any atom is 0.179 e. The summed E-state index contributed by atoms with van der Waals surface area (Å²) in [6, 6.07) is 8.45. The van der Waals surface area contributed by atoms with Gasteiger partial charge in [0.05, 0.1) is 12.2 Å². The zero-order valence-corrected chi connectivity index (χ0v) is 9.15. The van der Waals surface area contributed by atoms with Crippen LogP contribution >= 0.6 is 0 Å². The molecule has 0 saturated carbocycles. The summed E-state index contributed by atoms with van der Waals surface area (Å²) in [7, 11) is 0. The molecule has 82 valence electrons. The van der Waals surface area contributed by atoms with Crippen LogP contribution in [0.3, 0.4) is 0 Å². The molecule has 3 heteroatoms. The van der Waals surface area contributed by atoms with Crippen molar-refractivity contribution in [3.63, 3.8) is 0 Å². The van der Waals surface area contributed by atoms with Crippen LogP contribution in [-0.4, -0.2) is 18.0 Å². The Balaban J connectivity index is 1.90. The van der Waals surface area contributed by atoms with E-state index in [1.54, 1.807) is 0 Å². The first kappa shape index (κ1) is 9.68. The summed E-state index contributed by atoms with van der Waals surface area (Å²) >= 11 is 0. The molecule has 2 aliphatic rings. The monoisotopic (exact) mass is 214 g/mol. The zero-order valence-electron chi connectivity index (χ0n) is 9.15. The Bertz CT molecular complexity index is 441. The maximum atomic E-state index is 8.85. The first-order valence-corrected chi connectivity index (χ1v) is 5.71. The molecular formula is C13H14N2O. The molecule has 1 spiro atoms. The SMILES string of the molecule is N#CN1CCC2(CC1)OCc1ccccc12. The van der Waals surface area contributed by atoms with Crippen LogP contribution in [0.2, 0.25) is 0 Å². The van der Waals surface area contributed by atoms with Crippen LogP contribution in [0.15, 0.2) is 24.3 Å². The van der Waals surface area contributed by atoms with E-state index < -0.39 is 0 Å². The van der Waals surface area contributed by atoms with Gasteiger partial charge in [0, 0.05) is 13.1 Å². The van der Waals surface area contributed by atoms with Crippen LogP contribution in [0.25, 0.3) is 0 Å². The summed E-state index contributed by atoms with van der Waals surface area (Å²) < 4.78 is 6.01. The predicted molar refractivity (Wildman–Crippen MR) is 59.3 cm³/mol. The first-order valence-electron chi connectivity index (χ1n) is 5.71. The van der Waals surface area contributed by atoms with E-state index in [0.717, 1.165) is 32.5 Å². The van der Waals surface area contributed by atoms with E-state index in [0.29, 0.717) is 0 Å². The van der Waals surface area contributed by atoms with Gasteiger partial charge in [-0.2, -0.15) is 5.26 Å². The molecule has 0 unspecified atom stereocenters. The molecule has 0 bridgehead atoms. The summed E-state index contributed by atoms with van der Waals surface area (Å²) in [4.78, 5) is 1.82. The summed E-state index contributed by atoms with van der Waals surface area (Å²) in [6.45, 7) is 2.35. The molecule has 0 aliphatic carbocycles. The summed E-state index contributed by atoms with van der Waals surface area (Å²) in [5.41, 5.74) is 2.55. The van der Waals surface area contributed by atoms with Crippen molar-refractivity contribution in [2.24, 2.45) is 0 Å². The number of fused-ring (bicyclic) bond motifs is 2. The Morgan fingerprint density at radius 2 is 2.00 bits per heavy atom. The lowest BCUT2D eigenvalue weighted by atomic mass is 9.84. The Morgan fingerprint density at radius 1 is 1.25 bits per heavy atom. The molecule has 1 aromatic rings. The largest absolute Gasteiger partial charge is 0.365 e. The molecule has 1 aromatic carbocycles. The third-order valence-electron chi connectivity index (χ3n) is 3.72. The molecule has 16 heavy (non-hydrogen) atoms. The first-order chi connectivity index (χ1) is 7.84. The normalized spacial score (nSPS) is 21.8. The number of nitrogens with zero attached hydrogens (tertiary/aromatic N) is 2. The third kappa shape index (κ3) is 1.30. The van der Waals surface area contributed by atoms with Gasteiger partial charge >= 0.3 is 0 Å². The van der Waals surface area contributed by atoms with E-state index in [1.165, 1.54) is 11.1 Å². The lowest BCUT2D eigenvalue weighted by Gasteiger charge is -2.37. The van der Waals surface area contributed by atoms with Crippen molar-refractivity contribution in [3.05, 3.63) is 35.4 Å². The molecule has 0 aromatic heterocycles. The van der Waals surface area contributed by atoms with Gasteiger partial charge in [-0.15, -0.1) is 0 Å². The Labute approximate surface area is 95.2 Å². The van der Waals surface area contributed by atoms with Crippen LogP contribution in [-0.2, 0) is 16.9 Å². The average molecular weight is 214 g/mol. The van der Waals surface area contributed by atoms with Crippen LogP contribution in [0.4, 0.5) is 0 Å². The van der Waals surface area contributed by atoms with Crippen molar-refractivity contribution >= 4 is 0 Å². The Morgan fingerprint density at radius 3 is 2.75 bits per heavy atom. The topological polar surface area (TPSA) is 36.3 Å². The minimum Gasteiger partial charge on any atom is -0.365 e. The van der Waals surface area contributed by atoms with E-state index >= 15 is 0 Å². The van der Waals surface area contributed by atoms with Gasteiger partial charge in [-0.25, -0.2) is 0 Å². The minimum atomic E-state index is -0.107. The van der Waals surface area contributed by atoms with Crippen LogP contribution in [0.1, 0.15) is 24.0 Å². The van der Waals surface area contributed by atoms with Gasteiger partial charge < -0.3 is 9.64 Å². The zero-order chi connectivity index (χ0) is 11.0. The molecule has 1 fully saturated rings. The van der Waals surface area contributed by atoms with Gasteiger partial charge in [-0.1, -0.05) is 24.3 Å². The van der Waals surface area contributed by atoms with Crippen molar-refractivity contribution in [2.45, 2.75) is 25.0 Å². The fraction of sp³-hybridized carbons (Fsp3) is 0.462. The van der Waals surface area contributed by atoms with Crippen LogP contribution in [0.5, 0.6) is 0 Å². The number of benzene rings is 1. The van der Waals surface area contributed by atoms with Crippen molar-refractivity contribution in [1.29, 1.82) is 5.26 Å². The molecule has 3 nitrogen and oxygen atoms in total. The van der Waals surface area contributed by atoms with Crippen molar-refractivity contribution in [2.75, 3.05) is 13.1 Å². The van der Waals surface area contributed by atoms with E-state index in [-0.39, 0.29) is 5.60 Å². The standard InChI is InChI=1S/C13H14N2O/c14-10-15-7-5-13(6-8-15)12-4-2-1-3-11(12)9-16-13/h1-4H,5-9H2. The second-order valence-corrected chi connectivity index (χ2v) is 4.53. The second-order valence-electron chi connectivity index (χ2n) is 4.53. The van der Waals surface area contributed by atoms with Gasteiger partial charge in [0.1, 0.15) is 0 Å². The lowest BCUT2D eigenvalue weighted by Crippen LogP contribution is -2.40. The molecule has 1 saturated heterocycles.